The number of nitrogens with two attached hydrogens (primary N) is 1. The normalized spacial score (nSPS) is 15.4. The Morgan fingerprint density at radius 3 is 2.92 bits per heavy atom. The SMILES string of the molecule is CC1(C)Cc2c(C#N)c(OCC(N)=O)nc(-c3ccco3)c2CO1. The Labute approximate surface area is 139 Å². The van der Waals surface area contributed by atoms with Gasteiger partial charge in [-0.3, -0.25) is 4.79 Å². The molecule has 7 heteroatoms. The molecule has 3 heterocycles. The molecule has 0 saturated heterocycles. The van der Waals surface area contributed by atoms with Crippen molar-refractivity contribution >= 4 is 5.91 Å². The van der Waals surface area contributed by atoms with E-state index >= 15 is 0 Å². The highest BCUT2D eigenvalue weighted by Crippen LogP contribution is 2.38. The molecule has 0 fully saturated rings. The molecular formula is C17H17N3O4. The summed E-state index contributed by atoms with van der Waals surface area (Å²) in [6, 6.07) is 5.65. The van der Waals surface area contributed by atoms with Gasteiger partial charge in [0.25, 0.3) is 5.91 Å². The lowest BCUT2D eigenvalue weighted by atomic mass is 9.88. The predicted molar refractivity (Wildman–Crippen MR) is 83.9 cm³/mol. The number of hydrogen-bond donors (Lipinski definition) is 1. The molecule has 2 N–H and O–H groups in total. The Balaban J connectivity index is 2.19. The number of primary amides is 1. The van der Waals surface area contributed by atoms with E-state index in [1.807, 2.05) is 13.8 Å². The van der Waals surface area contributed by atoms with Gasteiger partial charge in [-0.05, 0) is 31.5 Å². The van der Waals surface area contributed by atoms with Crippen molar-refractivity contribution < 1.29 is 18.7 Å². The molecule has 24 heavy (non-hydrogen) atoms. The summed E-state index contributed by atoms with van der Waals surface area (Å²) >= 11 is 0. The maximum Gasteiger partial charge on any atom is 0.255 e. The van der Waals surface area contributed by atoms with E-state index in [0.717, 1.165) is 11.1 Å². The molecule has 0 bridgehead atoms. The van der Waals surface area contributed by atoms with Crippen molar-refractivity contribution in [3.63, 3.8) is 0 Å². The van der Waals surface area contributed by atoms with Crippen molar-refractivity contribution in [2.45, 2.75) is 32.5 Å². The van der Waals surface area contributed by atoms with Crippen LogP contribution in [0.1, 0.15) is 30.5 Å². The van der Waals surface area contributed by atoms with Gasteiger partial charge in [-0.15, -0.1) is 0 Å². The number of fused-ring (bicyclic) bond motifs is 1. The number of aromatic nitrogens is 1. The van der Waals surface area contributed by atoms with Gasteiger partial charge in [-0.1, -0.05) is 0 Å². The zero-order chi connectivity index (χ0) is 17.3. The molecule has 0 unspecified atom stereocenters. The summed E-state index contributed by atoms with van der Waals surface area (Å²) in [5.41, 5.74) is 7.16. The number of furan rings is 1. The van der Waals surface area contributed by atoms with Crippen LogP contribution in [0.3, 0.4) is 0 Å². The van der Waals surface area contributed by atoms with Crippen LogP contribution in [0.5, 0.6) is 5.88 Å². The van der Waals surface area contributed by atoms with Crippen LogP contribution in [0.2, 0.25) is 0 Å². The zero-order valence-corrected chi connectivity index (χ0v) is 13.5. The van der Waals surface area contributed by atoms with Crippen molar-refractivity contribution in [1.29, 1.82) is 5.26 Å². The Kier molecular flexibility index (Phi) is 3.99. The fourth-order valence-electron chi connectivity index (χ4n) is 2.72. The van der Waals surface area contributed by atoms with Crippen LogP contribution in [0, 0.1) is 11.3 Å². The van der Waals surface area contributed by atoms with Crippen LogP contribution in [0.4, 0.5) is 0 Å². The second kappa shape index (κ2) is 5.98. The molecule has 124 valence electrons. The summed E-state index contributed by atoms with van der Waals surface area (Å²) in [4.78, 5) is 15.4. The fraction of sp³-hybridized carbons (Fsp3) is 0.353. The van der Waals surface area contributed by atoms with Crippen LogP contribution >= 0.6 is 0 Å². The van der Waals surface area contributed by atoms with Gasteiger partial charge in [-0.25, -0.2) is 4.98 Å². The number of nitrogens with zero attached hydrogens (tertiary/aromatic N) is 2. The molecule has 1 amide bonds. The van der Waals surface area contributed by atoms with Crippen molar-refractivity contribution in [3.05, 3.63) is 35.1 Å². The highest BCUT2D eigenvalue weighted by molar-refractivity contribution is 5.75. The van der Waals surface area contributed by atoms with E-state index in [1.54, 1.807) is 18.4 Å². The highest BCUT2D eigenvalue weighted by Gasteiger charge is 2.33. The molecule has 2 aromatic heterocycles. The van der Waals surface area contributed by atoms with Crippen molar-refractivity contribution in [1.82, 2.24) is 4.98 Å². The minimum Gasteiger partial charge on any atom is -0.467 e. The van der Waals surface area contributed by atoms with E-state index in [1.165, 1.54) is 0 Å². The first-order valence-electron chi connectivity index (χ1n) is 7.46. The molecule has 1 aliphatic heterocycles. The molecule has 0 atom stereocenters. The molecule has 0 saturated carbocycles. The average Bonchev–Trinajstić information content (AvgIpc) is 3.04. The van der Waals surface area contributed by atoms with Gasteiger partial charge >= 0.3 is 0 Å². The van der Waals surface area contributed by atoms with E-state index in [0.29, 0.717) is 30.0 Å². The second-order valence-electron chi connectivity index (χ2n) is 6.17. The second-order valence-corrected chi connectivity index (χ2v) is 6.17. The lowest BCUT2D eigenvalue weighted by Crippen LogP contribution is -2.33. The third-order valence-corrected chi connectivity index (χ3v) is 3.81. The summed E-state index contributed by atoms with van der Waals surface area (Å²) in [7, 11) is 0. The number of pyridine rings is 1. The Morgan fingerprint density at radius 1 is 1.50 bits per heavy atom. The number of hydrogen-bond acceptors (Lipinski definition) is 6. The molecule has 0 aromatic carbocycles. The summed E-state index contributed by atoms with van der Waals surface area (Å²) in [6.07, 6.45) is 2.06. The Hall–Kier alpha value is -2.85. The van der Waals surface area contributed by atoms with Crippen LogP contribution < -0.4 is 10.5 Å². The summed E-state index contributed by atoms with van der Waals surface area (Å²) < 4.78 is 16.7. The third kappa shape index (κ3) is 2.96. The molecule has 2 aromatic rings. The molecule has 3 rings (SSSR count). The number of carbonyl (C=O) groups excluding carboxylic acids is 1. The smallest absolute Gasteiger partial charge is 0.255 e. The fourth-order valence-corrected chi connectivity index (χ4v) is 2.72. The predicted octanol–water partition coefficient (Wildman–Crippen LogP) is 1.93. The summed E-state index contributed by atoms with van der Waals surface area (Å²) in [6.45, 7) is 3.87. The van der Waals surface area contributed by atoms with Crippen molar-refractivity contribution in [2.24, 2.45) is 5.73 Å². The molecule has 0 spiro atoms. The number of amides is 1. The van der Waals surface area contributed by atoms with Crippen LogP contribution in [-0.2, 0) is 22.6 Å². The van der Waals surface area contributed by atoms with Gasteiger partial charge in [0, 0.05) is 12.0 Å². The Bertz CT molecular complexity index is 819. The van der Waals surface area contributed by atoms with Crippen LogP contribution in [0.15, 0.2) is 22.8 Å². The van der Waals surface area contributed by atoms with E-state index < -0.39 is 11.5 Å². The van der Waals surface area contributed by atoms with Crippen LogP contribution in [0.25, 0.3) is 11.5 Å². The molecule has 0 radical (unpaired) electrons. The van der Waals surface area contributed by atoms with Gasteiger partial charge in [-0.2, -0.15) is 5.26 Å². The summed E-state index contributed by atoms with van der Waals surface area (Å²) in [5, 5.41) is 9.58. The van der Waals surface area contributed by atoms with E-state index in [-0.39, 0.29) is 12.5 Å². The van der Waals surface area contributed by atoms with Crippen molar-refractivity contribution in [2.75, 3.05) is 6.61 Å². The highest BCUT2D eigenvalue weighted by atomic mass is 16.5. The summed E-state index contributed by atoms with van der Waals surface area (Å²) in [5.74, 6) is -0.0104. The monoisotopic (exact) mass is 327 g/mol. The quantitative estimate of drug-likeness (QED) is 0.918. The molecule has 1 aliphatic rings. The Morgan fingerprint density at radius 2 is 2.29 bits per heavy atom. The lowest BCUT2D eigenvalue weighted by Gasteiger charge is -2.33. The topological polar surface area (TPSA) is 111 Å². The maximum atomic E-state index is 11.0. The third-order valence-electron chi connectivity index (χ3n) is 3.81. The number of rotatable bonds is 4. The van der Waals surface area contributed by atoms with Gasteiger partial charge < -0.3 is 19.6 Å². The maximum absolute atomic E-state index is 11.0. The number of carbonyl (C=O) groups is 1. The first-order valence-corrected chi connectivity index (χ1v) is 7.46. The van der Waals surface area contributed by atoms with Gasteiger partial charge in [0.05, 0.1) is 18.5 Å². The number of ether oxygens (including phenoxy) is 2. The van der Waals surface area contributed by atoms with Crippen LogP contribution in [-0.4, -0.2) is 23.1 Å². The van der Waals surface area contributed by atoms with E-state index in [9.17, 15) is 10.1 Å². The van der Waals surface area contributed by atoms with Crippen molar-refractivity contribution in [3.8, 4) is 23.4 Å². The van der Waals surface area contributed by atoms with Gasteiger partial charge in [0.15, 0.2) is 12.4 Å². The number of nitriles is 1. The zero-order valence-electron chi connectivity index (χ0n) is 13.5. The minimum atomic E-state index is -0.637. The first-order chi connectivity index (χ1) is 11.4. The lowest BCUT2D eigenvalue weighted by molar-refractivity contribution is -0.120. The standard InChI is InChI=1S/C17H17N3O4/c1-17(2)6-10-11(7-18)16(23-9-14(19)21)20-15(12(10)8-24-17)13-4-3-5-22-13/h3-5H,6,8-9H2,1-2H3,(H2,19,21). The average molecular weight is 327 g/mol. The van der Waals surface area contributed by atoms with Gasteiger partial charge in [0.2, 0.25) is 5.88 Å². The van der Waals surface area contributed by atoms with Gasteiger partial charge in [0.1, 0.15) is 17.3 Å². The largest absolute Gasteiger partial charge is 0.467 e. The van der Waals surface area contributed by atoms with E-state index in [4.69, 9.17) is 19.6 Å². The molecular weight excluding hydrogens is 310 g/mol. The molecule has 0 aliphatic carbocycles. The van der Waals surface area contributed by atoms with E-state index in [2.05, 4.69) is 11.1 Å². The minimum absolute atomic E-state index is 0.0825. The molecule has 7 nitrogen and oxygen atoms in total. The first kappa shape index (κ1) is 16.0.